The average Bonchev–Trinajstić information content (AvgIpc) is 3.00. The number of nitrogens with zero attached hydrogens (tertiary/aromatic N) is 1. The molecule has 2 aromatic carbocycles. The van der Waals surface area contributed by atoms with Gasteiger partial charge in [-0.2, -0.15) is 4.31 Å². The number of hydrogen-bond donors (Lipinski definition) is 0. The first-order valence-corrected chi connectivity index (χ1v) is 8.87. The molecule has 3 rings (SSSR count). The second-order valence-electron chi connectivity index (χ2n) is 5.76. The quantitative estimate of drug-likeness (QED) is 0.854. The van der Waals surface area contributed by atoms with Crippen LogP contribution in [0.5, 0.6) is 0 Å². The van der Waals surface area contributed by atoms with Gasteiger partial charge in [0, 0.05) is 6.54 Å². The Morgan fingerprint density at radius 1 is 1.13 bits per heavy atom. The van der Waals surface area contributed by atoms with Gasteiger partial charge in [0.2, 0.25) is 10.0 Å². The monoisotopic (exact) mass is 337 g/mol. The van der Waals surface area contributed by atoms with E-state index in [0.29, 0.717) is 19.4 Å². The first-order chi connectivity index (χ1) is 10.9. The summed E-state index contributed by atoms with van der Waals surface area (Å²) in [4.78, 5) is -0.600. The molecule has 0 amide bonds. The molecule has 1 aliphatic rings. The molecule has 6 heteroatoms. The van der Waals surface area contributed by atoms with Crippen LogP contribution in [0.3, 0.4) is 0 Å². The fraction of sp³-hybridized carbons (Fsp3) is 0.294. The van der Waals surface area contributed by atoms with Gasteiger partial charge in [0.15, 0.2) is 0 Å². The van der Waals surface area contributed by atoms with Crippen molar-refractivity contribution in [2.75, 3.05) is 6.54 Å². The van der Waals surface area contributed by atoms with Crippen molar-refractivity contribution in [2.45, 2.75) is 30.7 Å². The molecule has 2 aromatic rings. The zero-order valence-corrected chi connectivity index (χ0v) is 13.5. The first kappa shape index (κ1) is 16.1. The SMILES string of the molecule is Cc1cccc(C2CCCN2S(=O)(=O)c2cc(F)ccc2F)c1. The Bertz CT molecular complexity index is 836. The zero-order valence-electron chi connectivity index (χ0n) is 12.7. The minimum Gasteiger partial charge on any atom is -0.207 e. The summed E-state index contributed by atoms with van der Waals surface area (Å²) in [6, 6.07) is 9.77. The molecule has 3 nitrogen and oxygen atoms in total. The number of rotatable bonds is 3. The van der Waals surface area contributed by atoms with Gasteiger partial charge in [-0.1, -0.05) is 29.8 Å². The van der Waals surface area contributed by atoms with Crippen molar-refractivity contribution in [1.29, 1.82) is 0 Å². The molecule has 1 saturated heterocycles. The first-order valence-electron chi connectivity index (χ1n) is 7.43. The number of benzene rings is 2. The lowest BCUT2D eigenvalue weighted by Crippen LogP contribution is -2.31. The fourth-order valence-electron chi connectivity index (χ4n) is 3.04. The fourth-order valence-corrected chi connectivity index (χ4v) is 4.80. The molecule has 1 atom stereocenters. The van der Waals surface area contributed by atoms with Gasteiger partial charge in [-0.15, -0.1) is 0 Å². The minimum atomic E-state index is -4.08. The summed E-state index contributed by atoms with van der Waals surface area (Å²) in [5.74, 6) is -1.70. The number of aryl methyl sites for hydroxylation is 1. The van der Waals surface area contributed by atoms with E-state index >= 15 is 0 Å². The summed E-state index contributed by atoms with van der Waals surface area (Å²) in [7, 11) is -4.08. The summed E-state index contributed by atoms with van der Waals surface area (Å²) < 4.78 is 54.2. The van der Waals surface area contributed by atoms with Crippen LogP contribution in [-0.4, -0.2) is 19.3 Å². The molecule has 23 heavy (non-hydrogen) atoms. The molecule has 0 saturated carbocycles. The zero-order chi connectivity index (χ0) is 16.6. The van der Waals surface area contributed by atoms with E-state index in [2.05, 4.69) is 0 Å². The molecule has 0 spiro atoms. The van der Waals surface area contributed by atoms with Crippen LogP contribution in [0.1, 0.15) is 30.0 Å². The predicted molar refractivity (Wildman–Crippen MR) is 83.4 cm³/mol. The van der Waals surface area contributed by atoms with E-state index in [1.54, 1.807) is 0 Å². The van der Waals surface area contributed by atoms with Crippen molar-refractivity contribution >= 4 is 10.0 Å². The molecular weight excluding hydrogens is 320 g/mol. The summed E-state index contributed by atoms with van der Waals surface area (Å²) in [6.45, 7) is 2.24. The third-order valence-electron chi connectivity index (χ3n) is 4.11. The second kappa shape index (κ2) is 6.02. The van der Waals surface area contributed by atoms with Crippen LogP contribution in [0.4, 0.5) is 8.78 Å². The average molecular weight is 337 g/mol. The van der Waals surface area contributed by atoms with Gasteiger partial charge in [-0.3, -0.25) is 0 Å². The minimum absolute atomic E-state index is 0.302. The predicted octanol–water partition coefficient (Wildman–Crippen LogP) is 3.80. The van der Waals surface area contributed by atoms with Gasteiger partial charge in [0.1, 0.15) is 16.5 Å². The third-order valence-corrected chi connectivity index (χ3v) is 6.03. The number of halogens is 2. The normalized spacial score (nSPS) is 19.2. The topological polar surface area (TPSA) is 37.4 Å². The maximum atomic E-state index is 13.9. The molecule has 1 aliphatic heterocycles. The van der Waals surface area contributed by atoms with Crippen LogP contribution in [0.15, 0.2) is 47.4 Å². The van der Waals surface area contributed by atoms with Crippen molar-refractivity contribution in [3.63, 3.8) is 0 Å². The highest BCUT2D eigenvalue weighted by atomic mass is 32.2. The Kier molecular flexibility index (Phi) is 4.21. The van der Waals surface area contributed by atoms with Gasteiger partial charge >= 0.3 is 0 Å². The highest BCUT2D eigenvalue weighted by Crippen LogP contribution is 2.37. The Balaban J connectivity index is 2.03. The maximum Gasteiger partial charge on any atom is 0.246 e. The molecule has 1 unspecified atom stereocenters. The summed E-state index contributed by atoms with van der Waals surface area (Å²) in [6.07, 6.45) is 1.36. The molecule has 1 heterocycles. The lowest BCUT2D eigenvalue weighted by molar-refractivity contribution is 0.393. The standard InChI is InChI=1S/C17H17F2NO2S/c1-12-4-2-5-13(10-12)16-6-3-9-20(16)23(21,22)17-11-14(18)7-8-15(17)19/h2,4-5,7-8,10-11,16H,3,6,9H2,1H3. The van der Waals surface area contributed by atoms with Crippen LogP contribution < -0.4 is 0 Å². The molecule has 1 fully saturated rings. The molecule has 0 radical (unpaired) electrons. The van der Waals surface area contributed by atoms with Gasteiger partial charge in [-0.25, -0.2) is 17.2 Å². The van der Waals surface area contributed by atoms with Gasteiger partial charge in [0.05, 0.1) is 6.04 Å². The van der Waals surface area contributed by atoms with Crippen LogP contribution in [0.2, 0.25) is 0 Å². The van der Waals surface area contributed by atoms with Crippen molar-refractivity contribution in [2.24, 2.45) is 0 Å². The van der Waals surface area contributed by atoms with E-state index in [1.165, 1.54) is 4.31 Å². The van der Waals surface area contributed by atoms with E-state index in [0.717, 1.165) is 29.3 Å². The molecule has 0 aliphatic carbocycles. The van der Waals surface area contributed by atoms with Crippen LogP contribution in [-0.2, 0) is 10.0 Å². The van der Waals surface area contributed by atoms with E-state index in [1.807, 2.05) is 31.2 Å². The van der Waals surface area contributed by atoms with Crippen molar-refractivity contribution < 1.29 is 17.2 Å². The lowest BCUT2D eigenvalue weighted by atomic mass is 10.0. The van der Waals surface area contributed by atoms with E-state index in [4.69, 9.17) is 0 Å². The number of sulfonamides is 1. The largest absolute Gasteiger partial charge is 0.246 e. The second-order valence-corrected chi connectivity index (χ2v) is 7.62. The van der Waals surface area contributed by atoms with Crippen molar-refractivity contribution in [3.05, 3.63) is 65.2 Å². The van der Waals surface area contributed by atoms with Gasteiger partial charge < -0.3 is 0 Å². The smallest absolute Gasteiger partial charge is 0.207 e. The summed E-state index contributed by atoms with van der Waals surface area (Å²) >= 11 is 0. The van der Waals surface area contributed by atoms with Gasteiger partial charge in [0.25, 0.3) is 0 Å². The maximum absolute atomic E-state index is 13.9. The molecule has 0 N–H and O–H groups in total. The highest BCUT2D eigenvalue weighted by molar-refractivity contribution is 7.89. The Hall–Kier alpha value is -1.79. The third kappa shape index (κ3) is 3.01. The molecule has 122 valence electrons. The highest BCUT2D eigenvalue weighted by Gasteiger charge is 2.37. The molecule has 0 bridgehead atoms. The van der Waals surface area contributed by atoms with E-state index in [9.17, 15) is 17.2 Å². The number of hydrogen-bond acceptors (Lipinski definition) is 2. The molecule has 0 aromatic heterocycles. The summed E-state index contributed by atoms with van der Waals surface area (Å²) in [5.41, 5.74) is 1.91. The van der Waals surface area contributed by atoms with Gasteiger partial charge in [-0.05, 0) is 43.5 Å². The van der Waals surface area contributed by atoms with Crippen LogP contribution >= 0.6 is 0 Å². The Morgan fingerprint density at radius 2 is 1.91 bits per heavy atom. The summed E-state index contributed by atoms with van der Waals surface area (Å²) in [5, 5.41) is 0. The lowest BCUT2D eigenvalue weighted by Gasteiger charge is -2.25. The molecular formula is C17H17F2NO2S. The van der Waals surface area contributed by atoms with Crippen molar-refractivity contribution in [3.8, 4) is 0 Å². The van der Waals surface area contributed by atoms with E-state index in [-0.39, 0.29) is 6.04 Å². The van der Waals surface area contributed by atoms with Crippen LogP contribution in [0.25, 0.3) is 0 Å². The Labute approximate surface area is 134 Å². The Morgan fingerprint density at radius 3 is 2.65 bits per heavy atom. The van der Waals surface area contributed by atoms with Crippen LogP contribution in [0, 0.1) is 18.6 Å². The van der Waals surface area contributed by atoms with Crippen molar-refractivity contribution in [1.82, 2.24) is 4.31 Å². The van der Waals surface area contributed by atoms with E-state index < -0.39 is 26.6 Å².